The van der Waals surface area contributed by atoms with Crippen LogP contribution in [0, 0.1) is 5.92 Å². The zero-order valence-corrected chi connectivity index (χ0v) is 13.7. The lowest BCUT2D eigenvalue weighted by Gasteiger charge is -2.36. The van der Waals surface area contributed by atoms with Gasteiger partial charge in [0.15, 0.2) is 11.5 Å². The monoisotopic (exact) mass is 322 g/mol. The van der Waals surface area contributed by atoms with Gasteiger partial charge >= 0.3 is 0 Å². The average molecular weight is 322 g/mol. The van der Waals surface area contributed by atoms with Crippen LogP contribution in [0.25, 0.3) is 0 Å². The van der Waals surface area contributed by atoms with Gasteiger partial charge in [-0.3, -0.25) is 0 Å². The first-order valence-electron chi connectivity index (χ1n) is 8.99. The SMILES string of the molecule is c1ccc(C2c3cc4c(cc3CCC3OCCCC32)OCO4)cc1. The minimum atomic E-state index is 0.337. The quantitative estimate of drug-likeness (QED) is 0.784. The zero-order valence-electron chi connectivity index (χ0n) is 13.7. The minimum Gasteiger partial charge on any atom is -0.454 e. The van der Waals surface area contributed by atoms with Crippen molar-refractivity contribution in [3.8, 4) is 11.5 Å². The van der Waals surface area contributed by atoms with E-state index >= 15 is 0 Å². The summed E-state index contributed by atoms with van der Waals surface area (Å²) in [5, 5.41) is 0. The lowest BCUT2D eigenvalue weighted by atomic mass is 9.75. The smallest absolute Gasteiger partial charge is 0.231 e. The summed E-state index contributed by atoms with van der Waals surface area (Å²) in [6.45, 7) is 1.24. The Bertz CT molecular complexity index is 740. The third-order valence-electron chi connectivity index (χ3n) is 5.75. The lowest BCUT2D eigenvalue weighted by Crippen LogP contribution is -2.33. The van der Waals surface area contributed by atoms with Gasteiger partial charge < -0.3 is 14.2 Å². The van der Waals surface area contributed by atoms with E-state index in [1.165, 1.54) is 23.1 Å². The molecule has 3 heteroatoms. The molecule has 0 saturated carbocycles. The van der Waals surface area contributed by atoms with E-state index in [1.807, 2.05) is 0 Å². The maximum absolute atomic E-state index is 6.18. The van der Waals surface area contributed by atoms with Crippen molar-refractivity contribution in [3.63, 3.8) is 0 Å². The molecule has 5 rings (SSSR count). The summed E-state index contributed by atoms with van der Waals surface area (Å²) in [5.41, 5.74) is 4.19. The lowest BCUT2D eigenvalue weighted by molar-refractivity contribution is -0.0333. The summed E-state index contributed by atoms with van der Waals surface area (Å²) >= 11 is 0. The molecule has 0 spiro atoms. The maximum Gasteiger partial charge on any atom is 0.231 e. The van der Waals surface area contributed by atoms with Crippen molar-refractivity contribution >= 4 is 0 Å². The van der Waals surface area contributed by atoms with Gasteiger partial charge in [-0.15, -0.1) is 0 Å². The molecule has 2 aliphatic heterocycles. The van der Waals surface area contributed by atoms with Crippen molar-refractivity contribution in [1.29, 1.82) is 0 Å². The van der Waals surface area contributed by atoms with E-state index in [4.69, 9.17) is 14.2 Å². The molecule has 0 bridgehead atoms. The Morgan fingerprint density at radius 3 is 2.62 bits per heavy atom. The fourth-order valence-electron chi connectivity index (χ4n) is 4.66. The molecule has 2 heterocycles. The highest BCUT2D eigenvalue weighted by Crippen LogP contribution is 2.47. The summed E-state index contributed by atoms with van der Waals surface area (Å²) in [6, 6.07) is 15.3. The Balaban J connectivity index is 1.67. The number of hydrogen-bond donors (Lipinski definition) is 0. The topological polar surface area (TPSA) is 27.7 Å². The Morgan fingerprint density at radius 1 is 0.917 bits per heavy atom. The van der Waals surface area contributed by atoms with Crippen molar-refractivity contribution < 1.29 is 14.2 Å². The molecule has 124 valence electrons. The highest BCUT2D eigenvalue weighted by molar-refractivity contribution is 5.52. The number of rotatable bonds is 1. The second-order valence-electron chi connectivity index (χ2n) is 7.05. The first kappa shape index (κ1) is 14.4. The average Bonchev–Trinajstić information content (AvgIpc) is 3.02. The summed E-state index contributed by atoms with van der Waals surface area (Å²) in [7, 11) is 0. The zero-order chi connectivity index (χ0) is 15.9. The molecule has 3 unspecified atom stereocenters. The Kier molecular flexibility index (Phi) is 3.48. The number of hydrogen-bond acceptors (Lipinski definition) is 3. The predicted octanol–water partition coefficient (Wildman–Crippen LogP) is 4.29. The third kappa shape index (κ3) is 2.30. The van der Waals surface area contributed by atoms with E-state index in [2.05, 4.69) is 42.5 Å². The molecule has 1 aliphatic carbocycles. The fraction of sp³-hybridized carbons (Fsp3) is 0.429. The Hall–Kier alpha value is -2.00. The van der Waals surface area contributed by atoms with Crippen molar-refractivity contribution in [1.82, 2.24) is 0 Å². The van der Waals surface area contributed by atoms with Gasteiger partial charge in [0.25, 0.3) is 0 Å². The molecule has 1 saturated heterocycles. The molecule has 0 amide bonds. The molecule has 0 N–H and O–H groups in total. The summed E-state index contributed by atoms with van der Waals surface area (Å²) in [6.07, 6.45) is 4.90. The molecule has 2 aromatic carbocycles. The Morgan fingerprint density at radius 2 is 1.75 bits per heavy atom. The van der Waals surface area contributed by atoms with Crippen LogP contribution in [-0.4, -0.2) is 19.5 Å². The maximum atomic E-state index is 6.18. The van der Waals surface area contributed by atoms with Crippen molar-refractivity contribution in [2.75, 3.05) is 13.4 Å². The molecule has 24 heavy (non-hydrogen) atoms. The standard InChI is InChI=1S/C21H22O3/c1-2-5-14(6-3-1)21-16-7-4-10-22-18(16)9-8-15-11-19-20(12-17(15)21)24-13-23-19/h1-3,5-6,11-12,16,18,21H,4,7-10,13H2. The molecule has 0 aromatic heterocycles. The van der Waals surface area contributed by atoms with Crippen molar-refractivity contribution in [3.05, 3.63) is 59.2 Å². The second-order valence-corrected chi connectivity index (χ2v) is 7.05. The van der Waals surface area contributed by atoms with Crippen LogP contribution in [0.15, 0.2) is 42.5 Å². The van der Waals surface area contributed by atoms with Gasteiger partial charge in [0.2, 0.25) is 6.79 Å². The van der Waals surface area contributed by atoms with Crippen LogP contribution in [0.4, 0.5) is 0 Å². The molecular formula is C21H22O3. The highest BCUT2D eigenvalue weighted by atomic mass is 16.7. The van der Waals surface area contributed by atoms with Gasteiger partial charge in [0.05, 0.1) is 6.10 Å². The van der Waals surface area contributed by atoms with Crippen LogP contribution >= 0.6 is 0 Å². The minimum absolute atomic E-state index is 0.337. The summed E-state index contributed by atoms with van der Waals surface area (Å²) in [4.78, 5) is 0. The van der Waals surface area contributed by atoms with Gasteiger partial charge in [0.1, 0.15) is 0 Å². The van der Waals surface area contributed by atoms with Gasteiger partial charge in [-0.25, -0.2) is 0 Å². The molecule has 3 aliphatic rings. The molecule has 1 fully saturated rings. The third-order valence-corrected chi connectivity index (χ3v) is 5.75. The molecular weight excluding hydrogens is 300 g/mol. The van der Waals surface area contributed by atoms with Crippen LogP contribution in [-0.2, 0) is 11.2 Å². The van der Waals surface area contributed by atoms with Gasteiger partial charge in [-0.05, 0) is 60.4 Å². The van der Waals surface area contributed by atoms with Gasteiger partial charge in [0, 0.05) is 12.5 Å². The van der Waals surface area contributed by atoms with Crippen molar-refractivity contribution in [2.45, 2.75) is 37.7 Å². The number of benzene rings is 2. The van der Waals surface area contributed by atoms with Crippen LogP contribution in [0.3, 0.4) is 0 Å². The van der Waals surface area contributed by atoms with E-state index < -0.39 is 0 Å². The van der Waals surface area contributed by atoms with E-state index in [1.54, 1.807) is 0 Å². The molecule has 3 atom stereocenters. The molecule has 3 nitrogen and oxygen atoms in total. The normalized spacial score (nSPS) is 27.9. The summed E-state index contributed by atoms with van der Waals surface area (Å²) < 4.78 is 17.5. The van der Waals surface area contributed by atoms with Gasteiger partial charge in [-0.1, -0.05) is 30.3 Å². The Labute approximate surface area is 142 Å². The van der Waals surface area contributed by atoms with E-state index in [9.17, 15) is 0 Å². The first-order valence-corrected chi connectivity index (χ1v) is 8.99. The van der Waals surface area contributed by atoms with E-state index in [-0.39, 0.29) is 0 Å². The number of ether oxygens (including phenoxy) is 3. The second kappa shape index (κ2) is 5.82. The highest BCUT2D eigenvalue weighted by Gasteiger charge is 2.38. The van der Waals surface area contributed by atoms with Gasteiger partial charge in [-0.2, -0.15) is 0 Å². The first-order chi connectivity index (χ1) is 11.9. The van der Waals surface area contributed by atoms with E-state index in [0.29, 0.717) is 24.7 Å². The largest absolute Gasteiger partial charge is 0.454 e. The fourth-order valence-corrected chi connectivity index (χ4v) is 4.66. The molecule has 0 radical (unpaired) electrons. The van der Waals surface area contributed by atoms with Crippen LogP contribution in [0.1, 0.15) is 41.9 Å². The number of aryl methyl sites for hydroxylation is 1. The summed E-state index contributed by atoms with van der Waals surface area (Å²) in [5.74, 6) is 2.71. The van der Waals surface area contributed by atoms with Crippen LogP contribution in [0.2, 0.25) is 0 Å². The predicted molar refractivity (Wildman–Crippen MR) is 91.6 cm³/mol. The molecule has 2 aromatic rings. The number of fused-ring (bicyclic) bond motifs is 3. The van der Waals surface area contributed by atoms with Crippen LogP contribution < -0.4 is 9.47 Å². The van der Waals surface area contributed by atoms with Crippen LogP contribution in [0.5, 0.6) is 11.5 Å². The van der Waals surface area contributed by atoms with E-state index in [0.717, 1.165) is 37.4 Å². The van der Waals surface area contributed by atoms with Crippen molar-refractivity contribution in [2.24, 2.45) is 5.92 Å².